The summed E-state index contributed by atoms with van der Waals surface area (Å²) in [6.07, 6.45) is 0. The summed E-state index contributed by atoms with van der Waals surface area (Å²) in [5, 5.41) is 12.7. The predicted molar refractivity (Wildman–Crippen MR) is 58.9 cm³/mol. The van der Waals surface area contributed by atoms with E-state index >= 15 is 0 Å². The molecule has 0 unspecified atom stereocenters. The van der Waals surface area contributed by atoms with Crippen molar-refractivity contribution in [3.63, 3.8) is 0 Å². The molecule has 4 nitrogen and oxygen atoms in total. The Morgan fingerprint density at radius 2 is 2.13 bits per heavy atom. The first-order valence-electron chi connectivity index (χ1n) is 4.96. The van der Waals surface area contributed by atoms with Gasteiger partial charge in [-0.2, -0.15) is 11.3 Å². The Morgan fingerprint density at radius 3 is 2.67 bits per heavy atom. The van der Waals surface area contributed by atoms with Gasteiger partial charge in [-0.05, 0) is 11.4 Å². The smallest absolute Gasteiger partial charge is 0.254 e. The highest BCUT2D eigenvalue weighted by Gasteiger charge is 2.21. The van der Waals surface area contributed by atoms with Crippen molar-refractivity contribution in [2.24, 2.45) is 0 Å². The number of carbonyl (C=O) groups excluding carboxylic acids is 1. The zero-order valence-electron chi connectivity index (χ0n) is 8.43. The number of carbonyl (C=O) groups is 1. The predicted octanol–water partition coefficient (Wildman–Crippen LogP) is 0.456. The number of piperazine rings is 1. The third-order valence-corrected chi connectivity index (χ3v) is 3.31. The zero-order valence-corrected chi connectivity index (χ0v) is 9.24. The maximum absolute atomic E-state index is 11.9. The molecule has 1 aliphatic heterocycles. The summed E-state index contributed by atoms with van der Waals surface area (Å²) in [5.41, 5.74) is 0.775. The van der Waals surface area contributed by atoms with Crippen LogP contribution in [0, 0.1) is 0 Å². The van der Waals surface area contributed by atoms with Crippen molar-refractivity contribution in [2.75, 3.05) is 32.9 Å². The maximum Gasteiger partial charge on any atom is 0.254 e. The quantitative estimate of drug-likeness (QED) is 0.796. The molecular formula is C10H14N2O2S. The van der Waals surface area contributed by atoms with Crippen LogP contribution in [-0.2, 0) is 0 Å². The molecule has 0 saturated carbocycles. The van der Waals surface area contributed by atoms with Crippen molar-refractivity contribution in [2.45, 2.75) is 0 Å². The van der Waals surface area contributed by atoms with Gasteiger partial charge in [-0.15, -0.1) is 0 Å². The minimum atomic E-state index is 0.0838. The molecule has 0 aliphatic carbocycles. The van der Waals surface area contributed by atoms with E-state index in [4.69, 9.17) is 5.11 Å². The first-order chi connectivity index (χ1) is 7.31. The molecule has 0 spiro atoms. The zero-order chi connectivity index (χ0) is 10.7. The van der Waals surface area contributed by atoms with E-state index in [0.717, 1.165) is 18.7 Å². The van der Waals surface area contributed by atoms with Crippen LogP contribution in [0.25, 0.3) is 0 Å². The molecule has 5 heteroatoms. The summed E-state index contributed by atoms with van der Waals surface area (Å²) in [6, 6.07) is 1.85. The van der Waals surface area contributed by atoms with Crippen molar-refractivity contribution in [3.8, 4) is 0 Å². The molecule has 1 saturated heterocycles. The Bertz CT molecular complexity index is 318. The van der Waals surface area contributed by atoms with E-state index < -0.39 is 0 Å². The highest BCUT2D eigenvalue weighted by atomic mass is 32.1. The molecule has 82 valence electrons. The van der Waals surface area contributed by atoms with Gasteiger partial charge < -0.3 is 10.0 Å². The number of amides is 1. The minimum absolute atomic E-state index is 0.0838. The first-order valence-corrected chi connectivity index (χ1v) is 5.90. The Hall–Kier alpha value is -0.910. The second kappa shape index (κ2) is 4.74. The van der Waals surface area contributed by atoms with Gasteiger partial charge in [0.25, 0.3) is 5.91 Å². The molecule has 1 amide bonds. The normalized spacial score (nSPS) is 18.1. The van der Waals surface area contributed by atoms with Gasteiger partial charge >= 0.3 is 0 Å². The molecule has 1 N–H and O–H groups in total. The van der Waals surface area contributed by atoms with E-state index in [0.29, 0.717) is 13.1 Å². The lowest BCUT2D eigenvalue weighted by Gasteiger charge is -2.33. The number of aliphatic hydroxyl groups excluding tert-OH is 1. The Kier molecular flexibility index (Phi) is 3.35. The molecule has 0 aromatic carbocycles. The molecule has 1 aromatic heterocycles. The Labute approximate surface area is 92.7 Å². The number of hydrogen-bond donors (Lipinski definition) is 1. The van der Waals surface area contributed by atoms with E-state index in [1.807, 2.05) is 26.6 Å². The molecule has 2 rings (SSSR count). The third-order valence-electron chi connectivity index (χ3n) is 2.63. The Balaban J connectivity index is 1.93. The highest BCUT2D eigenvalue weighted by Crippen LogP contribution is 2.11. The molecule has 0 bridgehead atoms. The van der Waals surface area contributed by atoms with Gasteiger partial charge in [-0.1, -0.05) is 0 Å². The monoisotopic (exact) mass is 226 g/mol. The largest absolute Gasteiger partial charge is 0.381 e. The van der Waals surface area contributed by atoms with Gasteiger partial charge in [-0.25, -0.2) is 0 Å². The standard InChI is InChI=1S/C10H14N2O2S/c13-8-11-2-4-12(5-3-11)10(14)9-1-6-15-7-9/h1,6-7,13H,2-5,8H2. The number of thiophene rings is 1. The van der Waals surface area contributed by atoms with Crippen LogP contribution in [0.5, 0.6) is 0 Å². The number of hydrogen-bond acceptors (Lipinski definition) is 4. The van der Waals surface area contributed by atoms with Crippen LogP contribution in [0.1, 0.15) is 10.4 Å². The summed E-state index contributed by atoms with van der Waals surface area (Å²) >= 11 is 1.54. The summed E-state index contributed by atoms with van der Waals surface area (Å²) < 4.78 is 0. The maximum atomic E-state index is 11.9. The second-order valence-electron chi connectivity index (χ2n) is 3.56. The summed E-state index contributed by atoms with van der Waals surface area (Å²) in [4.78, 5) is 15.7. The Morgan fingerprint density at radius 1 is 1.40 bits per heavy atom. The van der Waals surface area contributed by atoms with E-state index in [1.165, 1.54) is 11.3 Å². The third kappa shape index (κ3) is 2.37. The van der Waals surface area contributed by atoms with Crippen molar-refractivity contribution >= 4 is 17.2 Å². The summed E-state index contributed by atoms with van der Waals surface area (Å²) in [6.45, 7) is 3.00. The SMILES string of the molecule is O=C(c1ccsc1)N1CCN(CO)CC1. The topological polar surface area (TPSA) is 43.8 Å². The van der Waals surface area contributed by atoms with Crippen LogP contribution >= 0.6 is 11.3 Å². The van der Waals surface area contributed by atoms with Crippen molar-refractivity contribution in [1.82, 2.24) is 9.80 Å². The minimum Gasteiger partial charge on any atom is -0.381 e. The molecule has 0 atom stereocenters. The van der Waals surface area contributed by atoms with Gasteiger partial charge in [0.05, 0.1) is 12.3 Å². The molecule has 1 aliphatic rings. The molecule has 0 radical (unpaired) electrons. The van der Waals surface area contributed by atoms with Gasteiger partial charge in [0.1, 0.15) is 0 Å². The van der Waals surface area contributed by atoms with Crippen LogP contribution in [-0.4, -0.2) is 53.7 Å². The van der Waals surface area contributed by atoms with Crippen LogP contribution < -0.4 is 0 Å². The molecule has 1 fully saturated rings. The molecule has 15 heavy (non-hydrogen) atoms. The van der Waals surface area contributed by atoms with Gasteiger partial charge in [0.15, 0.2) is 0 Å². The summed E-state index contributed by atoms with van der Waals surface area (Å²) in [5.74, 6) is 0.105. The van der Waals surface area contributed by atoms with Crippen molar-refractivity contribution < 1.29 is 9.90 Å². The van der Waals surface area contributed by atoms with Gasteiger partial charge in [0.2, 0.25) is 0 Å². The molecule has 1 aromatic rings. The lowest BCUT2D eigenvalue weighted by Crippen LogP contribution is -2.48. The van der Waals surface area contributed by atoms with Crippen LogP contribution in [0.3, 0.4) is 0 Å². The lowest BCUT2D eigenvalue weighted by molar-refractivity contribution is 0.0423. The first kappa shape index (κ1) is 10.6. The van der Waals surface area contributed by atoms with Gasteiger partial charge in [-0.3, -0.25) is 9.69 Å². The number of rotatable bonds is 2. The van der Waals surface area contributed by atoms with Crippen molar-refractivity contribution in [1.29, 1.82) is 0 Å². The fourth-order valence-electron chi connectivity index (χ4n) is 1.66. The average Bonchev–Trinajstić information content (AvgIpc) is 2.82. The van der Waals surface area contributed by atoms with Crippen LogP contribution in [0.2, 0.25) is 0 Å². The molecular weight excluding hydrogens is 212 g/mol. The van der Waals surface area contributed by atoms with Crippen LogP contribution in [0.15, 0.2) is 16.8 Å². The molecule has 2 heterocycles. The van der Waals surface area contributed by atoms with Crippen LogP contribution in [0.4, 0.5) is 0 Å². The average molecular weight is 226 g/mol. The number of nitrogens with zero attached hydrogens (tertiary/aromatic N) is 2. The van der Waals surface area contributed by atoms with E-state index in [2.05, 4.69) is 0 Å². The fourth-order valence-corrected chi connectivity index (χ4v) is 2.29. The van der Waals surface area contributed by atoms with E-state index in [1.54, 1.807) is 0 Å². The van der Waals surface area contributed by atoms with Crippen molar-refractivity contribution in [3.05, 3.63) is 22.4 Å². The van der Waals surface area contributed by atoms with E-state index in [-0.39, 0.29) is 12.6 Å². The lowest BCUT2D eigenvalue weighted by atomic mass is 10.2. The van der Waals surface area contributed by atoms with Gasteiger partial charge in [0, 0.05) is 31.6 Å². The van der Waals surface area contributed by atoms with E-state index in [9.17, 15) is 4.79 Å². The highest BCUT2D eigenvalue weighted by molar-refractivity contribution is 7.08. The summed E-state index contributed by atoms with van der Waals surface area (Å²) in [7, 11) is 0. The second-order valence-corrected chi connectivity index (χ2v) is 4.34. The number of aliphatic hydroxyl groups is 1. The fraction of sp³-hybridized carbons (Fsp3) is 0.500.